The van der Waals surface area contributed by atoms with Crippen molar-refractivity contribution in [2.45, 2.75) is 37.6 Å². The van der Waals surface area contributed by atoms with E-state index in [9.17, 15) is 9.90 Å². The summed E-state index contributed by atoms with van der Waals surface area (Å²) < 4.78 is 16.1. The highest BCUT2D eigenvalue weighted by Gasteiger charge is 2.34. The van der Waals surface area contributed by atoms with E-state index in [1.807, 2.05) is 0 Å². The molecule has 0 spiro atoms. The Balaban J connectivity index is 1.73. The fourth-order valence-corrected chi connectivity index (χ4v) is 2.85. The molecule has 128 valence electrons. The first-order chi connectivity index (χ1) is 10.7. The smallest absolute Gasteiger partial charge is 0.251 e. The molecular formula is C15H28N2O5. The number of carbonyl (C=O) groups excluding carboxylic acids is 1. The quantitative estimate of drug-likeness (QED) is 0.610. The topological polar surface area (TPSA) is 80.3 Å². The standard InChI is InChI=1S/C15H28N2O5/c1-20-9-5-16-15(19)14-13(18)3-2-12(22-14)4-6-17-7-10-21-11-8-17/h12-14,18H,2-11H2,1H3,(H,16,19). The number of aliphatic hydroxyl groups excluding tert-OH is 1. The summed E-state index contributed by atoms with van der Waals surface area (Å²) in [6, 6.07) is 0. The zero-order valence-corrected chi connectivity index (χ0v) is 13.3. The molecule has 2 N–H and O–H groups in total. The molecule has 0 bridgehead atoms. The van der Waals surface area contributed by atoms with Gasteiger partial charge in [0.2, 0.25) is 0 Å². The molecule has 0 aliphatic carbocycles. The van der Waals surface area contributed by atoms with Crippen LogP contribution in [-0.2, 0) is 19.0 Å². The van der Waals surface area contributed by atoms with Gasteiger partial charge < -0.3 is 24.6 Å². The van der Waals surface area contributed by atoms with E-state index in [0.717, 1.165) is 45.7 Å². The van der Waals surface area contributed by atoms with Crippen LogP contribution >= 0.6 is 0 Å². The monoisotopic (exact) mass is 316 g/mol. The number of carbonyl (C=O) groups is 1. The lowest BCUT2D eigenvalue weighted by Gasteiger charge is -2.34. The van der Waals surface area contributed by atoms with E-state index < -0.39 is 12.2 Å². The molecular weight excluding hydrogens is 288 g/mol. The van der Waals surface area contributed by atoms with Gasteiger partial charge in [0.15, 0.2) is 6.10 Å². The van der Waals surface area contributed by atoms with E-state index in [1.165, 1.54) is 0 Å². The van der Waals surface area contributed by atoms with Crippen LogP contribution in [0.5, 0.6) is 0 Å². The van der Waals surface area contributed by atoms with Crippen LogP contribution in [0, 0.1) is 0 Å². The second kappa shape index (κ2) is 9.42. The van der Waals surface area contributed by atoms with Gasteiger partial charge in [-0.25, -0.2) is 0 Å². The SMILES string of the molecule is COCCNC(=O)C1OC(CCN2CCOCC2)CCC1O. The highest BCUT2D eigenvalue weighted by molar-refractivity contribution is 5.81. The maximum atomic E-state index is 12.1. The average molecular weight is 316 g/mol. The van der Waals surface area contributed by atoms with Crippen molar-refractivity contribution in [3.63, 3.8) is 0 Å². The van der Waals surface area contributed by atoms with Crippen molar-refractivity contribution in [3.8, 4) is 0 Å². The number of amides is 1. The van der Waals surface area contributed by atoms with Gasteiger partial charge in [0.05, 0.1) is 32.0 Å². The predicted octanol–water partition coefficient (Wildman–Crippen LogP) is -0.620. The van der Waals surface area contributed by atoms with Gasteiger partial charge >= 0.3 is 0 Å². The van der Waals surface area contributed by atoms with E-state index in [1.54, 1.807) is 7.11 Å². The number of aliphatic hydroxyl groups is 1. The lowest BCUT2D eigenvalue weighted by molar-refractivity contribution is -0.159. The first-order valence-electron chi connectivity index (χ1n) is 8.11. The van der Waals surface area contributed by atoms with Gasteiger partial charge in [0, 0.05) is 33.3 Å². The minimum Gasteiger partial charge on any atom is -0.390 e. The van der Waals surface area contributed by atoms with E-state index in [0.29, 0.717) is 19.6 Å². The van der Waals surface area contributed by atoms with Crippen LogP contribution < -0.4 is 5.32 Å². The second-order valence-corrected chi connectivity index (χ2v) is 5.85. The number of nitrogens with zero attached hydrogens (tertiary/aromatic N) is 1. The average Bonchev–Trinajstić information content (AvgIpc) is 2.55. The number of nitrogens with one attached hydrogen (secondary N) is 1. The number of ether oxygens (including phenoxy) is 3. The lowest BCUT2D eigenvalue weighted by Crippen LogP contribution is -2.50. The molecule has 3 atom stereocenters. The Hall–Kier alpha value is -0.730. The van der Waals surface area contributed by atoms with E-state index in [2.05, 4.69) is 10.2 Å². The molecule has 2 heterocycles. The maximum Gasteiger partial charge on any atom is 0.251 e. The number of hydrogen-bond donors (Lipinski definition) is 2. The van der Waals surface area contributed by atoms with Crippen LogP contribution in [0.1, 0.15) is 19.3 Å². The Morgan fingerprint density at radius 2 is 2.14 bits per heavy atom. The molecule has 0 saturated carbocycles. The van der Waals surface area contributed by atoms with Crippen molar-refractivity contribution in [2.75, 3.05) is 53.1 Å². The normalized spacial score (nSPS) is 30.2. The van der Waals surface area contributed by atoms with Gasteiger partial charge in [-0.2, -0.15) is 0 Å². The molecule has 0 aromatic rings. The summed E-state index contributed by atoms with van der Waals surface area (Å²) in [5.74, 6) is -0.249. The third kappa shape index (κ3) is 5.48. The molecule has 2 rings (SSSR count). The molecule has 7 heteroatoms. The third-order valence-electron chi connectivity index (χ3n) is 4.21. The molecule has 3 unspecified atom stereocenters. The molecule has 22 heavy (non-hydrogen) atoms. The van der Waals surface area contributed by atoms with Crippen LogP contribution in [0.4, 0.5) is 0 Å². The Bertz CT molecular complexity index is 336. The molecule has 2 fully saturated rings. The summed E-state index contributed by atoms with van der Waals surface area (Å²) >= 11 is 0. The molecule has 2 saturated heterocycles. The first kappa shape index (κ1) is 17.6. The Morgan fingerprint density at radius 1 is 1.36 bits per heavy atom. The zero-order chi connectivity index (χ0) is 15.8. The largest absolute Gasteiger partial charge is 0.390 e. The molecule has 0 radical (unpaired) electrons. The zero-order valence-electron chi connectivity index (χ0n) is 13.3. The van der Waals surface area contributed by atoms with E-state index in [-0.39, 0.29) is 12.0 Å². The summed E-state index contributed by atoms with van der Waals surface area (Å²) in [7, 11) is 1.58. The van der Waals surface area contributed by atoms with Crippen LogP contribution in [0.2, 0.25) is 0 Å². The molecule has 0 aromatic heterocycles. The number of methoxy groups -OCH3 is 1. The summed E-state index contributed by atoms with van der Waals surface area (Å²) in [6.45, 7) is 5.31. The molecule has 2 aliphatic rings. The number of rotatable bonds is 7. The number of morpholine rings is 1. The van der Waals surface area contributed by atoms with Gasteiger partial charge in [-0.1, -0.05) is 0 Å². The molecule has 1 amide bonds. The van der Waals surface area contributed by atoms with Crippen LogP contribution in [0.25, 0.3) is 0 Å². The summed E-state index contributed by atoms with van der Waals surface area (Å²) in [6.07, 6.45) is 0.838. The molecule has 7 nitrogen and oxygen atoms in total. The minimum absolute atomic E-state index is 0.0319. The van der Waals surface area contributed by atoms with Crippen LogP contribution in [0.15, 0.2) is 0 Å². The fourth-order valence-electron chi connectivity index (χ4n) is 2.85. The maximum absolute atomic E-state index is 12.1. The molecule has 2 aliphatic heterocycles. The van der Waals surface area contributed by atoms with Crippen molar-refractivity contribution in [3.05, 3.63) is 0 Å². The van der Waals surface area contributed by atoms with Gasteiger partial charge in [0.1, 0.15) is 0 Å². The highest BCUT2D eigenvalue weighted by Crippen LogP contribution is 2.22. The third-order valence-corrected chi connectivity index (χ3v) is 4.21. The van der Waals surface area contributed by atoms with Gasteiger partial charge in [0.25, 0.3) is 5.91 Å². The summed E-state index contributed by atoms with van der Waals surface area (Å²) in [4.78, 5) is 14.4. The lowest BCUT2D eigenvalue weighted by atomic mass is 9.98. The van der Waals surface area contributed by atoms with Crippen molar-refractivity contribution < 1.29 is 24.1 Å². The Morgan fingerprint density at radius 3 is 2.86 bits per heavy atom. The van der Waals surface area contributed by atoms with E-state index >= 15 is 0 Å². The van der Waals surface area contributed by atoms with E-state index in [4.69, 9.17) is 14.2 Å². The minimum atomic E-state index is -0.764. The second-order valence-electron chi connectivity index (χ2n) is 5.85. The first-order valence-corrected chi connectivity index (χ1v) is 8.11. The van der Waals surface area contributed by atoms with Gasteiger partial charge in [-0.3, -0.25) is 9.69 Å². The van der Waals surface area contributed by atoms with Gasteiger partial charge in [-0.15, -0.1) is 0 Å². The molecule has 0 aromatic carbocycles. The van der Waals surface area contributed by atoms with Crippen molar-refractivity contribution >= 4 is 5.91 Å². The van der Waals surface area contributed by atoms with Crippen LogP contribution in [-0.4, -0.2) is 87.3 Å². The van der Waals surface area contributed by atoms with Gasteiger partial charge in [-0.05, 0) is 19.3 Å². The van der Waals surface area contributed by atoms with Crippen LogP contribution in [0.3, 0.4) is 0 Å². The van der Waals surface area contributed by atoms with Crippen molar-refractivity contribution in [1.29, 1.82) is 0 Å². The summed E-state index contributed by atoms with van der Waals surface area (Å²) in [5.41, 5.74) is 0. The Labute approximate surface area is 131 Å². The Kier molecular flexibility index (Phi) is 7.54. The highest BCUT2D eigenvalue weighted by atomic mass is 16.5. The summed E-state index contributed by atoms with van der Waals surface area (Å²) in [5, 5.41) is 12.7. The fraction of sp³-hybridized carbons (Fsp3) is 0.933. The van der Waals surface area contributed by atoms with Crippen molar-refractivity contribution in [2.24, 2.45) is 0 Å². The predicted molar refractivity (Wildman–Crippen MR) is 80.7 cm³/mol. The number of hydrogen-bond acceptors (Lipinski definition) is 6. The van der Waals surface area contributed by atoms with Crippen molar-refractivity contribution in [1.82, 2.24) is 10.2 Å².